The van der Waals surface area contributed by atoms with E-state index in [2.05, 4.69) is 4.72 Å². The quantitative estimate of drug-likeness (QED) is 0.691. The summed E-state index contributed by atoms with van der Waals surface area (Å²) in [7, 11) is -8.12. The van der Waals surface area contributed by atoms with Gasteiger partial charge in [-0.2, -0.15) is 4.31 Å². The Morgan fingerprint density at radius 2 is 1.63 bits per heavy atom. The first-order valence-corrected chi connectivity index (χ1v) is 12.6. The highest BCUT2D eigenvalue weighted by molar-refractivity contribution is 7.89. The van der Waals surface area contributed by atoms with Gasteiger partial charge >= 0.3 is 0 Å². The van der Waals surface area contributed by atoms with Crippen LogP contribution in [0.15, 0.2) is 52.3 Å². The maximum atomic E-state index is 13.8. The first-order valence-electron chi connectivity index (χ1n) is 9.65. The molecule has 6 nitrogen and oxygen atoms in total. The van der Waals surface area contributed by atoms with Crippen molar-refractivity contribution < 1.29 is 25.6 Å². The zero-order chi connectivity index (χ0) is 21.9. The van der Waals surface area contributed by atoms with Crippen molar-refractivity contribution in [2.75, 3.05) is 13.1 Å². The minimum Gasteiger partial charge on any atom is -0.211 e. The van der Waals surface area contributed by atoms with Crippen molar-refractivity contribution in [1.29, 1.82) is 0 Å². The third kappa shape index (κ3) is 4.88. The minimum absolute atomic E-state index is 0.138. The van der Waals surface area contributed by atoms with Crippen molar-refractivity contribution in [3.05, 3.63) is 59.7 Å². The lowest BCUT2D eigenvalue weighted by molar-refractivity contribution is 0.242. The number of rotatable bonds is 7. The van der Waals surface area contributed by atoms with E-state index in [0.717, 1.165) is 30.2 Å². The molecule has 1 unspecified atom stereocenters. The van der Waals surface area contributed by atoms with Crippen LogP contribution in [0.2, 0.25) is 0 Å². The molecular weight excluding hydrogens is 434 g/mol. The molecule has 30 heavy (non-hydrogen) atoms. The topological polar surface area (TPSA) is 83.6 Å². The van der Waals surface area contributed by atoms with Crippen LogP contribution in [0.25, 0.3) is 0 Å². The van der Waals surface area contributed by atoms with Gasteiger partial charge in [-0.25, -0.2) is 30.3 Å². The highest BCUT2D eigenvalue weighted by atomic mass is 32.2. The number of sulfonamides is 2. The fourth-order valence-electron chi connectivity index (χ4n) is 3.60. The summed E-state index contributed by atoms with van der Waals surface area (Å²) in [5, 5.41) is 0. The molecule has 1 fully saturated rings. The second kappa shape index (κ2) is 9.09. The van der Waals surface area contributed by atoms with E-state index >= 15 is 0 Å². The van der Waals surface area contributed by atoms with Gasteiger partial charge in [0.25, 0.3) is 0 Å². The fraction of sp³-hybridized carbons (Fsp3) is 0.400. The van der Waals surface area contributed by atoms with Gasteiger partial charge in [0.15, 0.2) is 4.90 Å². The third-order valence-electron chi connectivity index (χ3n) is 5.16. The summed E-state index contributed by atoms with van der Waals surface area (Å²) in [5.41, 5.74) is 0.943. The standard InChI is InChI=1S/C20H24F2N2O4S2/c1-15-8-10-17(11-9-15)30(27,28)24-14-3-2-5-16(24)12-13-23-29(25,26)20-18(21)6-4-7-19(20)22/h4,6-11,16,23H,2-3,5,12-14H2,1H3. The van der Waals surface area contributed by atoms with Crippen LogP contribution in [-0.4, -0.2) is 40.3 Å². The highest BCUT2D eigenvalue weighted by Crippen LogP contribution is 2.27. The monoisotopic (exact) mass is 458 g/mol. The van der Waals surface area contributed by atoms with Gasteiger partial charge in [0.05, 0.1) is 4.90 Å². The van der Waals surface area contributed by atoms with E-state index < -0.39 is 42.6 Å². The van der Waals surface area contributed by atoms with Crippen molar-refractivity contribution in [1.82, 2.24) is 9.03 Å². The molecule has 1 aliphatic heterocycles. The second-order valence-corrected chi connectivity index (χ2v) is 10.9. The normalized spacial score (nSPS) is 18.4. The predicted octanol–water partition coefficient (Wildman–Crippen LogP) is 3.19. The highest BCUT2D eigenvalue weighted by Gasteiger charge is 2.33. The number of piperidine rings is 1. The molecule has 1 atom stereocenters. The Balaban J connectivity index is 1.73. The van der Waals surface area contributed by atoms with Gasteiger partial charge in [-0.1, -0.05) is 30.2 Å². The van der Waals surface area contributed by atoms with Crippen LogP contribution in [0.5, 0.6) is 0 Å². The van der Waals surface area contributed by atoms with Crippen LogP contribution in [0, 0.1) is 18.6 Å². The van der Waals surface area contributed by atoms with Crippen molar-refractivity contribution in [3.8, 4) is 0 Å². The van der Waals surface area contributed by atoms with Gasteiger partial charge in [-0.15, -0.1) is 0 Å². The molecule has 0 saturated carbocycles. The number of hydrogen-bond acceptors (Lipinski definition) is 4. The second-order valence-electron chi connectivity index (χ2n) is 7.32. The molecule has 2 aromatic carbocycles. The molecule has 1 aliphatic rings. The third-order valence-corrected chi connectivity index (χ3v) is 8.64. The van der Waals surface area contributed by atoms with E-state index in [-0.39, 0.29) is 17.9 Å². The predicted molar refractivity (Wildman–Crippen MR) is 109 cm³/mol. The van der Waals surface area contributed by atoms with E-state index in [1.54, 1.807) is 24.3 Å². The van der Waals surface area contributed by atoms with Crippen LogP contribution in [0.3, 0.4) is 0 Å². The van der Waals surface area contributed by atoms with Crippen LogP contribution >= 0.6 is 0 Å². The maximum Gasteiger partial charge on any atom is 0.246 e. The van der Waals surface area contributed by atoms with Gasteiger partial charge in [-0.3, -0.25) is 0 Å². The number of nitrogens with zero attached hydrogens (tertiary/aromatic N) is 1. The van der Waals surface area contributed by atoms with E-state index in [1.165, 1.54) is 4.31 Å². The molecule has 1 N–H and O–H groups in total. The van der Waals surface area contributed by atoms with Crippen LogP contribution < -0.4 is 4.72 Å². The summed E-state index contributed by atoms with van der Waals surface area (Å²) in [6, 6.07) is 8.98. The minimum atomic E-state index is -4.40. The molecule has 0 aliphatic carbocycles. The maximum absolute atomic E-state index is 13.8. The fourth-order valence-corrected chi connectivity index (χ4v) is 6.50. The lowest BCUT2D eigenvalue weighted by Gasteiger charge is -2.34. The largest absolute Gasteiger partial charge is 0.246 e. The molecular formula is C20H24F2N2O4S2. The Morgan fingerprint density at radius 3 is 2.27 bits per heavy atom. The molecule has 0 amide bonds. The molecule has 0 aromatic heterocycles. The Bertz CT molecular complexity index is 1080. The first kappa shape index (κ1) is 22.8. The summed E-state index contributed by atoms with van der Waals surface area (Å²) in [5.74, 6) is -2.35. The van der Waals surface area contributed by atoms with E-state index in [4.69, 9.17) is 0 Å². The molecule has 2 aromatic rings. The van der Waals surface area contributed by atoms with Crippen molar-refractivity contribution in [2.45, 2.75) is 48.4 Å². The number of halogens is 2. The molecule has 0 bridgehead atoms. The van der Waals surface area contributed by atoms with Gasteiger partial charge in [0.1, 0.15) is 11.6 Å². The summed E-state index contributed by atoms with van der Waals surface area (Å²) >= 11 is 0. The SMILES string of the molecule is Cc1ccc(S(=O)(=O)N2CCCCC2CCNS(=O)(=O)c2c(F)cccc2F)cc1. The van der Waals surface area contributed by atoms with Gasteiger partial charge in [-0.05, 0) is 50.5 Å². The van der Waals surface area contributed by atoms with Crippen LogP contribution in [0.1, 0.15) is 31.2 Å². The Morgan fingerprint density at radius 1 is 1.00 bits per heavy atom. The van der Waals surface area contributed by atoms with Crippen molar-refractivity contribution in [2.24, 2.45) is 0 Å². The Labute approximate surface area is 176 Å². The average Bonchev–Trinajstić information content (AvgIpc) is 2.68. The molecule has 1 heterocycles. The van der Waals surface area contributed by atoms with Crippen molar-refractivity contribution >= 4 is 20.0 Å². The average molecular weight is 459 g/mol. The smallest absolute Gasteiger partial charge is 0.211 e. The van der Waals surface area contributed by atoms with Crippen LogP contribution in [-0.2, 0) is 20.0 Å². The number of benzene rings is 2. The van der Waals surface area contributed by atoms with Gasteiger partial charge in [0, 0.05) is 19.1 Å². The summed E-state index contributed by atoms with van der Waals surface area (Å²) in [4.78, 5) is -0.841. The van der Waals surface area contributed by atoms with Gasteiger partial charge < -0.3 is 0 Å². The Kier molecular flexibility index (Phi) is 6.91. The number of hydrogen-bond donors (Lipinski definition) is 1. The summed E-state index contributed by atoms with van der Waals surface area (Å²) < 4.78 is 82.0. The molecule has 164 valence electrons. The van der Waals surface area contributed by atoms with E-state index in [9.17, 15) is 25.6 Å². The zero-order valence-corrected chi connectivity index (χ0v) is 18.1. The van der Waals surface area contributed by atoms with Gasteiger partial charge in [0.2, 0.25) is 20.0 Å². The summed E-state index contributed by atoms with van der Waals surface area (Å²) in [6.45, 7) is 2.07. The molecule has 1 saturated heterocycles. The number of aryl methyl sites for hydroxylation is 1. The van der Waals surface area contributed by atoms with E-state index in [0.29, 0.717) is 19.4 Å². The van der Waals surface area contributed by atoms with Crippen LogP contribution in [0.4, 0.5) is 8.78 Å². The number of nitrogens with one attached hydrogen (secondary N) is 1. The van der Waals surface area contributed by atoms with E-state index in [1.807, 2.05) is 6.92 Å². The molecule has 3 rings (SSSR count). The molecule has 0 radical (unpaired) electrons. The summed E-state index contributed by atoms with van der Waals surface area (Å²) in [6.07, 6.45) is 2.31. The molecule has 0 spiro atoms. The lowest BCUT2D eigenvalue weighted by Crippen LogP contribution is -2.45. The lowest BCUT2D eigenvalue weighted by atomic mass is 10.0. The molecule has 10 heteroatoms. The Hall–Kier alpha value is -1.88. The van der Waals surface area contributed by atoms with Crippen molar-refractivity contribution in [3.63, 3.8) is 0 Å². The zero-order valence-electron chi connectivity index (χ0n) is 16.5. The first-order chi connectivity index (χ1) is 14.1.